The van der Waals surface area contributed by atoms with E-state index in [1.807, 2.05) is 42.5 Å². The molecule has 0 aliphatic carbocycles. The average Bonchev–Trinajstić information content (AvgIpc) is 3.14. The van der Waals surface area contributed by atoms with Crippen molar-refractivity contribution in [3.63, 3.8) is 0 Å². The van der Waals surface area contributed by atoms with E-state index < -0.39 is 4.92 Å². The second-order valence-electron chi connectivity index (χ2n) is 6.25. The zero-order chi connectivity index (χ0) is 19.5. The van der Waals surface area contributed by atoms with Crippen molar-refractivity contribution in [3.05, 3.63) is 99.0 Å². The number of hydrogen-bond acceptors (Lipinski definition) is 5. The van der Waals surface area contributed by atoms with Crippen LogP contribution in [0, 0.1) is 10.1 Å². The lowest BCUT2D eigenvalue weighted by Crippen LogP contribution is -2.11. The molecule has 0 spiro atoms. The van der Waals surface area contributed by atoms with E-state index in [-0.39, 0.29) is 11.6 Å². The summed E-state index contributed by atoms with van der Waals surface area (Å²) in [5.41, 5.74) is 1.45. The van der Waals surface area contributed by atoms with Gasteiger partial charge >= 0.3 is 0 Å². The lowest BCUT2D eigenvalue weighted by atomic mass is 10.1. The Balaban J connectivity index is 1.47. The maximum absolute atomic E-state index is 12.5. The van der Waals surface area contributed by atoms with Crippen LogP contribution in [0.2, 0.25) is 0 Å². The molecule has 0 radical (unpaired) electrons. The Bertz CT molecular complexity index is 1190. The molecule has 0 saturated carbocycles. The number of carbonyl (C=O) groups is 1. The van der Waals surface area contributed by atoms with Gasteiger partial charge in [-0.25, -0.2) is 4.98 Å². The third-order valence-corrected chi connectivity index (χ3v) is 5.20. The number of fused-ring (bicyclic) bond motifs is 1. The molecule has 0 unspecified atom stereocenters. The van der Waals surface area contributed by atoms with E-state index in [2.05, 4.69) is 10.3 Å². The van der Waals surface area contributed by atoms with Crippen molar-refractivity contribution in [2.45, 2.75) is 6.42 Å². The standard InChI is InChI=1S/C21H15N3O3S/c25-20(17-9-8-15-5-1-2-6-16(15)12-17)23-21-22-13-19(28-21)11-14-4-3-7-18(10-14)24(26)27/h1-10,12-13H,11H2,(H,22,23,25). The molecule has 1 aromatic heterocycles. The maximum Gasteiger partial charge on any atom is 0.269 e. The molecular formula is C21H15N3O3S. The van der Waals surface area contributed by atoms with Crippen LogP contribution in [0.3, 0.4) is 0 Å². The van der Waals surface area contributed by atoms with Crippen molar-refractivity contribution >= 4 is 38.8 Å². The fraction of sp³-hybridized carbons (Fsp3) is 0.0476. The number of benzene rings is 3. The van der Waals surface area contributed by atoms with Crippen LogP contribution in [0.1, 0.15) is 20.8 Å². The van der Waals surface area contributed by atoms with Crippen LogP contribution in [-0.2, 0) is 6.42 Å². The molecule has 0 bridgehead atoms. The summed E-state index contributed by atoms with van der Waals surface area (Å²) in [5, 5.41) is 16.3. The molecule has 0 saturated heterocycles. The normalized spacial score (nSPS) is 10.7. The van der Waals surface area contributed by atoms with E-state index in [4.69, 9.17) is 0 Å². The molecule has 1 N–H and O–H groups in total. The SMILES string of the molecule is O=C(Nc1ncc(Cc2cccc([N+](=O)[O-])c2)s1)c1ccc2ccccc2c1. The quantitative estimate of drug-likeness (QED) is 0.382. The van der Waals surface area contributed by atoms with E-state index in [0.29, 0.717) is 17.1 Å². The summed E-state index contributed by atoms with van der Waals surface area (Å²) < 4.78 is 0. The number of non-ortho nitro benzene ring substituents is 1. The highest BCUT2D eigenvalue weighted by Crippen LogP contribution is 2.24. The largest absolute Gasteiger partial charge is 0.298 e. The van der Waals surface area contributed by atoms with E-state index >= 15 is 0 Å². The van der Waals surface area contributed by atoms with E-state index in [1.54, 1.807) is 24.4 Å². The van der Waals surface area contributed by atoms with Crippen LogP contribution in [0.5, 0.6) is 0 Å². The fourth-order valence-electron chi connectivity index (χ4n) is 2.93. The number of carbonyl (C=O) groups excluding carboxylic acids is 1. The van der Waals surface area contributed by atoms with Crippen molar-refractivity contribution in [1.82, 2.24) is 4.98 Å². The summed E-state index contributed by atoms with van der Waals surface area (Å²) in [7, 11) is 0. The Morgan fingerprint density at radius 3 is 2.68 bits per heavy atom. The highest BCUT2D eigenvalue weighted by atomic mass is 32.1. The Morgan fingerprint density at radius 2 is 1.86 bits per heavy atom. The number of amides is 1. The summed E-state index contributed by atoms with van der Waals surface area (Å²) >= 11 is 1.36. The van der Waals surface area contributed by atoms with Gasteiger partial charge in [-0.3, -0.25) is 20.2 Å². The topological polar surface area (TPSA) is 85.1 Å². The number of nitro benzene ring substituents is 1. The predicted octanol–water partition coefficient (Wildman–Crippen LogP) is 5.05. The van der Waals surface area contributed by atoms with Crippen LogP contribution in [-0.4, -0.2) is 15.8 Å². The zero-order valence-electron chi connectivity index (χ0n) is 14.7. The van der Waals surface area contributed by atoms with Gasteiger partial charge in [0, 0.05) is 35.2 Å². The number of thiazole rings is 1. The summed E-state index contributed by atoms with van der Waals surface area (Å²) in [6, 6.07) is 19.9. The molecule has 3 aromatic carbocycles. The van der Waals surface area contributed by atoms with Gasteiger partial charge in [-0.05, 0) is 28.5 Å². The van der Waals surface area contributed by atoms with Crippen LogP contribution < -0.4 is 5.32 Å². The summed E-state index contributed by atoms with van der Waals surface area (Å²) in [6.45, 7) is 0. The molecule has 0 atom stereocenters. The summed E-state index contributed by atoms with van der Waals surface area (Å²) in [4.78, 5) is 28.2. The highest BCUT2D eigenvalue weighted by Gasteiger charge is 2.11. The zero-order valence-corrected chi connectivity index (χ0v) is 15.5. The first-order chi connectivity index (χ1) is 13.6. The van der Waals surface area contributed by atoms with Crippen molar-refractivity contribution in [2.24, 2.45) is 0 Å². The first kappa shape index (κ1) is 17.8. The minimum Gasteiger partial charge on any atom is -0.298 e. The van der Waals surface area contributed by atoms with E-state index in [0.717, 1.165) is 21.2 Å². The summed E-state index contributed by atoms with van der Waals surface area (Å²) in [6.07, 6.45) is 2.20. The molecule has 4 rings (SSSR count). The molecule has 1 amide bonds. The number of anilines is 1. The van der Waals surface area contributed by atoms with Gasteiger partial charge in [-0.1, -0.05) is 42.5 Å². The van der Waals surface area contributed by atoms with Crippen molar-refractivity contribution in [3.8, 4) is 0 Å². The minimum absolute atomic E-state index is 0.0619. The molecule has 4 aromatic rings. The Kier molecular flexibility index (Phi) is 4.82. The van der Waals surface area contributed by atoms with Gasteiger partial charge < -0.3 is 0 Å². The minimum atomic E-state index is -0.411. The Labute approximate surface area is 164 Å². The Hall–Kier alpha value is -3.58. The predicted molar refractivity (Wildman–Crippen MR) is 110 cm³/mol. The van der Waals surface area contributed by atoms with Crippen molar-refractivity contribution in [1.29, 1.82) is 0 Å². The third kappa shape index (κ3) is 3.89. The Morgan fingerprint density at radius 1 is 1.04 bits per heavy atom. The van der Waals surface area contributed by atoms with Crippen LogP contribution in [0.15, 0.2) is 72.9 Å². The van der Waals surface area contributed by atoms with Gasteiger partial charge in [0.05, 0.1) is 4.92 Å². The van der Waals surface area contributed by atoms with Gasteiger partial charge in [-0.2, -0.15) is 0 Å². The second kappa shape index (κ2) is 7.58. The number of hydrogen-bond donors (Lipinski definition) is 1. The van der Waals surface area contributed by atoms with Crippen LogP contribution >= 0.6 is 11.3 Å². The molecule has 0 aliphatic heterocycles. The fourth-order valence-corrected chi connectivity index (χ4v) is 3.77. The number of rotatable bonds is 5. The number of aromatic nitrogens is 1. The van der Waals surface area contributed by atoms with E-state index in [9.17, 15) is 14.9 Å². The van der Waals surface area contributed by atoms with Gasteiger partial charge in [0.1, 0.15) is 0 Å². The number of nitro groups is 1. The number of nitrogens with one attached hydrogen (secondary N) is 1. The molecule has 28 heavy (non-hydrogen) atoms. The van der Waals surface area contributed by atoms with E-state index in [1.165, 1.54) is 17.4 Å². The summed E-state index contributed by atoms with van der Waals surface area (Å²) in [5.74, 6) is -0.220. The number of nitrogens with zero attached hydrogens (tertiary/aromatic N) is 2. The first-order valence-corrected chi connectivity index (χ1v) is 9.38. The first-order valence-electron chi connectivity index (χ1n) is 8.57. The lowest BCUT2D eigenvalue weighted by Gasteiger charge is -2.03. The maximum atomic E-state index is 12.5. The molecular weight excluding hydrogens is 374 g/mol. The molecule has 138 valence electrons. The second-order valence-corrected chi connectivity index (χ2v) is 7.37. The van der Waals surface area contributed by atoms with Gasteiger partial charge in [0.15, 0.2) is 5.13 Å². The monoisotopic (exact) mass is 389 g/mol. The molecule has 1 heterocycles. The van der Waals surface area contributed by atoms with Crippen LogP contribution in [0.25, 0.3) is 10.8 Å². The van der Waals surface area contributed by atoms with Crippen molar-refractivity contribution in [2.75, 3.05) is 5.32 Å². The van der Waals surface area contributed by atoms with Crippen molar-refractivity contribution < 1.29 is 9.72 Å². The third-order valence-electron chi connectivity index (χ3n) is 4.29. The lowest BCUT2D eigenvalue weighted by molar-refractivity contribution is -0.384. The highest BCUT2D eigenvalue weighted by molar-refractivity contribution is 7.15. The van der Waals surface area contributed by atoms with Gasteiger partial charge in [-0.15, -0.1) is 11.3 Å². The molecule has 0 fully saturated rings. The molecule has 6 nitrogen and oxygen atoms in total. The van der Waals surface area contributed by atoms with Crippen LogP contribution in [0.4, 0.5) is 10.8 Å². The molecule has 7 heteroatoms. The van der Waals surface area contributed by atoms with Gasteiger partial charge in [0.2, 0.25) is 0 Å². The smallest absolute Gasteiger partial charge is 0.269 e. The average molecular weight is 389 g/mol. The molecule has 0 aliphatic rings. The van der Waals surface area contributed by atoms with Gasteiger partial charge in [0.25, 0.3) is 11.6 Å².